The first kappa shape index (κ1) is 11.8. The molecule has 3 nitrogen and oxygen atoms in total. The van der Waals surface area contributed by atoms with Gasteiger partial charge in [0.1, 0.15) is 0 Å². The van der Waals surface area contributed by atoms with Crippen LogP contribution < -0.4 is 9.47 Å². The van der Waals surface area contributed by atoms with Gasteiger partial charge in [0.25, 0.3) is 0 Å². The van der Waals surface area contributed by atoms with Crippen LogP contribution in [-0.2, 0) is 5.11 Å². The zero-order chi connectivity index (χ0) is 10.1. The van der Waals surface area contributed by atoms with Gasteiger partial charge in [-0.1, -0.05) is 6.07 Å². The van der Waals surface area contributed by atoms with Gasteiger partial charge in [0.2, 0.25) is 0 Å². The highest BCUT2D eigenvalue weighted by molar-refractivity contribution is 5.38. The number of methoxy groups -OCH3 is 2. The third kappa shape index (κ3) is 4.38. The Hall–Kier alpha value is -1.22. The molecule has 1 aromatic rings. The van der Waals surface area contributed by atoms with Crippen molar-refractivity contribution >= 4 is 0 Å². The molecule has 1 rings (SSSR count). The summed E-state index contributed by atoms with van der Waals surface area (Å²) in [6.07, 6.45) is 0. The molecule has 0 aliphatic rings. The van der Waals surface area contributed by atoms with Gasteiger partial charge in [-0.15, -0.1) is 0 Å². The third-order valence-electron chi connectivity index (χ3n) is 1.23. The second-order valence-corrected chi connectivity index (χ2v) is 2.07. The highest BCUT2D eigenvalue weighted by Gasteiger charge is 1.97. The predicted octanol–water partition coefficient (Wildman–Crippen LogP) is 1.94. The molecule has 3 heteroatoms. The van der Waals surface area contributed by atoms with Gasteiger partial charge >= 0.3 is 0 Å². The Balaban J connectivity index is 0.000000424. The molecule has 0 aliphatic heterocycles. The fourth-order valence-corrected chi connectivity index (χ4v) is 0.729. The van der Waals surface area contributed by atoms with Crippen molar-refractivity contribution < 1.29 is 14.6 Å². The molecule has 0 heterocycles. The fraction of sp³-hybridized carbons (Fsp3) is 0.400. The molecule has 0 bridgehead atoms. The summed E-state index contributed by atoms with van der Waals surface area (Å²) < 4.78 is 9.97. The average Bonchev–Trinajstić information content (AvgIpc) is 2.19. The minimum atomic E-state index is 0. The summed E-state index contributed by atoms with van der Waals surface area (Å²) in [5.41, 5.74) is 0. The van der Waals surface area contributed by atoms with Crippen molar-refractivity contribution in [2.75, 3.05) is 20.8 Å². The molecule has 0 saturated carbocycles. The lowest BCUT2D eigenvalue weighted by Gasteiger charge is -2.04. The molecule has 0 fully saturated rings. The van der Waals surface area contributed by atoms with E-state index < -0.39 is 0 Å². The van der Waals surface area contributed by atoms with Crippen LogP contribution in [-0.4, -0.2) is 20.8 Å². The van der Waals surface area contributed by atoms with E-state index in [0.717, 1.165) is 5.75 Å². The summed E-state index contributed by atoms with van der Waals surface area (Å²) in [6.45, 7) is 1.57. The van der Waals surface area contributed by atoms with E-state index >= 15 is 0 Å². The summed E-state index contributed by atoms with van der Waals surface area (Å²) in [7, 11) is 3.21. The van der Waals surface area contributed by atoms with Gasteiger partial charge in [-0.3, -0.25) is 0 Å². The number of rotatable bonds is 2. The number of benzene rings is 1. The van der Waals surface area contributed by atoms with Crippen molar-refractivity contribution in [3.8, 4) is 11.5 Å². The number of hydrogen-bond acceptors (Lipinski definition) is 2. The van der Waals surface area contributed by atoms with E-state index in [9.17, 15) is 0 Å². The molecule has 0 amide bonds. The molecule has 2 radical (unpaired) electrons. The maximum absolute atomic E-state index is 8.93. The average molecular weight is 182 g/mol. The van der Waals surface area contributed by atoms with Crippen molar-refractivity contribution in [3.05, 3.63) is 24.3 Å². The van der Waals surface area contributed by atoms with Gasteiger partial charge in [0, 0.05) is 0 Å². The summed E-state index contributed by atoms with van der Waals surface area (Å²) >= 11 is 0. The Kier molecular flexibility index (Phi) is 6.73. The molecule has 72 valence electrons. The van der Waals surface area contributed by atoms with Crippen molar-refractivity contribution in [2.24, 2.45) is 0 Å². The molecule has 0 spiro atoms. The molecule has 1 aromatic carbocycles. The summed E-state index contributed by atoms with van der Waals surface area (Å²) in [5, 5.41) is 8.93. The Morgan fingerprint density at radius 3 is 2.23 bits per heavy atom. The van der Waals surface area contributed by atoms with Crippen LogP contribution >= 0.6 is 0 Å². The van der Waals surface area contributed by atoms with Crippen molar-refractivity contribution in [1.29, 1.82) is 0 Å². The molecule has 0 aromatic heterocycles. The first-order valence-electron chi connectivity index (χ1n) is 3.96. The van der Waals surface area contributed by atoms with Crippen LogP contribution in [0.15, 0.2) is 18.2 Å². The molecule has 0 N–H and O–H groups in total. The summed E-state index contributed by atoms with van der Waals surface area (Å²) in [4.78, 5) is 0. The van der Waals surface area contributed by atoms with Crippen LogP contribution in [0.4, 0.5) is 0 Å². The SMILES string of the molecule is CC[O].COc1c[c]ccc1OC. The van der Waals surface area contributed by atoms with Crippen LogP contribution in [0.3, 0.4) is 0 Å². The largest absolute Gasteiger partial charge is 0.493 e. The zero-order valence-corrected chi connectivity index (χ0v) is 8.16. The van der Waals surface area contributed by atoms with Crippen LogP contribution in [0.5, 0.6) is 11.5 Å². The number of hydrogen-bond donors (Lipinski definition) is 0. The first-order chi connectivity index (χ1) is 6.29. The van der Waals surface area contributed by atoms with E-state index in [4.69, 9.17) is 14.6 Å². The lowest BCUT2D eigenvalue weighted by Crippen LogP contribution is -1.88. The van der Waals surface area contributed by atoms with Crippen LogP contribution in [0, 0.1) is 6.07 Å². The first-order valence-corrected chi connectivity index (χ1v) is 3.96. The standard InChI is InChI=1S/C8H9O2.C2H5O/c1-9-7-5-3-4-6-8(7)10-2;1-2-3/h3,5-6H,1-2H3;2H2,1H3. The molecule has 13 heavy (non-hydrogen) atoms. The Bertz CT molecular complexity index is 200. The molecule has 0 aliphatic carbocycles. The smallest absolute Gasteiger partial charge is 0.161 e. The Morgan fingerprint density at radius 1 is 1.31 bits per heavy atom. The van der Waals surface area contributed by atoms with E-state index in [1.165, 1.54) is 0 Å². The number of ether oxygens (including phenoxy) is 2. The monoisotopic (exact) mass is 182 g/mol. The molecule has 0 atom stereocenters. The van der Waals surface area contributed by atoms with E-state index in [0.29, 0.717) is 5.75 Å². The third-order valence-corrected chi connectivity index (χ3v) is 1.23. The lowest BCUT2D eigenvalue weighted by molar-refractivity contribution is 0.212. The molecule has 0 saturated heterocycles. The highest BCUT2D eigenvalue weighted by Crippen LogP contribution is 2.24. The van der Waals surface area contributed by atoms with Gasteiger partial charge in [-0.25, -0.2) is 5.11 Å². The maximum atomic E-state index is 8.93. The van der Waals surface area contributed by atoms with Crippen LogP contribution in [0.2, 0.25) is 0 Å². The van der Waals surface area contributed by atoms with Gasteiger partial charge < -0.3 is 9.47 Å². The normalized spacial score (nSPS) is 8.31. The quantitative estimate of drug-likeness (QED) is 0.701. The summed E-state index contributed by atoms with van der Waals surface area (Å²) in [6, 6.07) is 8.20. The van der Waals surface area contributed by atoms with E-state index in [1.54, 1.807) is 39.3 Å². The molecular weight excluding hydrogens is 168 g/mol. The minimum Gasteiger partial charge on any atom is -0.493 e. The zero-order valence-electron chi connectivity index (χ0n) is 8.16. The van der Waals surface area contributed by atoms with Crippen molar-refractivity contribution in [2.45, 2.75) is 6.92 Å². The molecule has 0 unspecified atom stereocenters. The maximum Gasteiger partial charge on any atom is 0.161 e. The van der Waals surface area contributed by atoms with E-state index in [2.05, 4.69) is 6.07 Å². The predicted molar refractivity (Wildman–Crippen MR) is 49.6 cm³/mol. The second-order valence-electron chi connectivity index (χ2n) is 2.07. The van der Waals surface area contributed by atoms with Crippen molar-refractivity contribution in [3.63, 3.8) is 0 Å². The molecular formula is C10H14O3. The van der Waals surface area contributed by atoms with Crippen LogP contribution in [0.25, 0.3) is 0 Å². The highest BCUT2D eigenvalue weighted by atomic mass is 16.5. The lowest BCUT2D eigenvalue weighted by atomic mass is 10.3. The van der Waals surface area contributed by atoms with Crippen LogP contribution in [0.1, 0.15) is 6.92 Å². The minimum absolute atomic E-state index is 0. The van der Waals surface area contributed by atoms with E-state index in [-0.39, 0.29) is 6.61 Å². The van der Waals surface area contributed by atoms with Gasteiger partial charge in [-0.2, -0.15) is 0 Å². The second kappa shape index (κ2) is 7.43. The van der Waals surface area contributed by atoms with Gasteiger partial charge in [-0.05, 0) is 25.1 Å². The summed E-state index contributed by atoms with van der Waals surface area (Å²) in [5.74, 6) is 1.45. The van der Waals surface area contributed by atoms with Gasteiger partial charge in [0.15, 0.2) is 11.5 Å². The van der Waals surface area contributed by atoms with Crippen molar-refractivity contribution in [1.82, 2.24) is 0 Å². The fourth-order valence-electron chi connectivity index (χ4n) is 0.729. The topological polar surface area (TPSA) is 38.4 Å². The van der Waals surface area contributed by atoms with Gasteiger partial charge in [0.05, 0.1) is 20.8 Å². The van der Waals surface area contributed by atoms with E-state index in [1.807, 2.05) is 0 Å². The Labute approximate surface area is 78.9 Å². The Morgan fingerprint density at radius 2 is 1.85 bits per heavy atom.